The van der Waals surface area contributed by atoms with E-state index < -0.39 is 5.91 Å². The van der Waals surface area contributed by atoms with Crippen molar-refractivity contribution >= 4 is 51.1 Å². The Labute approximate surface area is 193 Å². The average Bonchev–Trinajstić information content (AvgIpc) is 3.04. The highest BCUT2D eigenvalue weighted by molar-refractivity contribution is 9.10. The molecule has 0 bridgehead atoms. The fourth-order valence-electron chi connectivity index (χ4n) is 3.42. The van der Waals surface area contributed by atoms with Crippen LogP contribution in [0.2, 0.25) is 0 Å². The van der Waals surface area contributed by atoms with Crippen LogP contribution in [0.1, 0.15) is 33.2 Å². The van der Waals surface area contributed by atoms with E-state index in [1.54, 1.807) is 42.5 Å². The van der Waals surface area contributed by atoms with E-state index in [9.17, 15) is 14.4 Å². The minimum atomic E-state index is -0.418. The van der Waals surface area contributed by atoms with E-state index in [2.05, 4.69) is 21.2 Å². The number of fused-ring (bicyclic) bond motifs is 1. The van der Waals surface area contributed by atoms with Crippen LogP contribution in [0.15, 0.2) is 77.3 Å². The summed E-state index contributed by atoms with van der Waals surface area (Å²) in [7, 11) is 0. The molecule has 1 N–H and O–H groups in total. The number of nitrogens with zero attached hydrogens (tertiary/aromatic N) is 1. The Morgan fingerprint density at radius 1 is 1.00 bits per heavy atom. The third-order valence-electron chi connectivity index (χ3n) is 4.85. The molecule has 3 aromatic rings. The molecule has 0 aliphatic carbocycles. The molecule has 0 spiro atoms. The molecule has 3 aromatic carbocycles. The lowest BCUT2D eigenvalue weighted by molar-refractivity contribution is -0.111. The van der Waals surface area contributed by atoms with E-state index >= 15 is 0 Å². The van der Waals surface area contributed by atoms with Gasteiger partial charge in [0.1, 0.15) is 5.75 Å². The molecule has 4 rings (SSSR count). The summed E-state index contributed by atoms with van der Waals surface area (Å²) in [6.07, 6.45) is 3.05. The lowest BCUT2D eigenvalue weighted by Gasteiger charge is -2.13. The maximum atomic E-state index is 12.8. The summed E-state index contributed by atoms with van der Waals surface area (Å²) in [6, 6.07) is 19.0. The lowest BCUT2D eigenvalue weighted by Crippen LogP contribution is -2.29. The number of nitrogens with one attached hydrogen (secondary N) is 1. The van der Waals surface area contributed by atoms with Crippen LogP contribution in [-0.2, 0) is 4.79 Å². The van der Waals surface area contributed by atoms with Crippen molar-refractivity contribution in [3.63, 3.8) is 0 Å². The zero-order valence-corrected chi connectivity index (χ0v) is 18.8. The quantitative estimate of drug-likeness (QED) is 0.375. The van der Waals surface area contributed by atoms with Gasteiger partial charge < -0.3 is 10.1 Å². The van der Waals surface area contributed by atoms with Gasteiger partial charge in [0, 0.05) is 21.8 Å². The van der Waals surface area contributed by atoms with Crippen molar-refractivity contribution in [2.24, 2.45) is 0 Å². The van der Waals surface area contributed by atoms with Gasteiger partial charge in [-0.25, -0.2) is 4.90 Å². The molecule has 32 heavy (non-hydrogen) atoms. The van der Waals surface area contributed by atoms with Crippen LogP contribution in [-0.4, -0.2) is 24.3 Å². The summed E-state index contributed by atoms with van der Waals surface area (Å²) in [5, 5.41) is 2.74. The van der Waals surface area contributed by atoms with Crippen molar-refractivity contribution in [2.75, 3.05) is 16.8 Å². The zero-order chi connectivity index (χ0) is 22.7. The number of amides is 3. The number of carbonyl (C=O) groups excluding carboxylic acids is 3. The van der Waals surface area contributed by atoms with Crippen molar-refractivity contribution in [1.29, 1.82) is 0 Å². The number of para-hydroxylation sites is 1. The highest BCUT2D eigenvalue weighted by Gasteiger charge is 2.36. The van der Waals surface area contributed by atoms with Gasteiger partial charge in [-0.15, -0.1) is 0 Å². The molecule has 0 saturated heterocycles. The van der Waals surface area contributed by atoms with Crippen LogP contribution < -0.4 is 15.0 Å². The summed E-state index contributed by atoms with van der Waals surface area (Å²) in [5.41, 5.74) is 2.25. The van der Waals surface area contributed by atoms with Crippen LogP contribution in [0.3, 0.4) is 0 Å². The molecule has 1 aliphatic rings. The molecule has 0 saturated carbocycles. The van der Waals surface area contributed by atoms with Gasteiger partial charge in [0.2, 0.25) is 5.91 Å². The molecule has 0 radical (unpaired) electrons. The molecule has 6 nitrogen and oxygen atoms in total. The van der Waals surface area contributed by atoms with Crippen molar-refractivity contribution in [1.82, 2.24) is 0 Å². The van der Waals surface area contributed by atoms with Crippen molar-refractivity contribution in [2.45, 2.75) is 6.92 Å². The summed E-state index contributed by atoms with van der Waals surface area (Å²) in [4.78, 5) is 39.1. The highest BCUT2D eigenvalue weighted by atomic mass is 79.9. The predicted octanol–water partition coefficient (Wildman–Crippen LogP) is 5.30. The molecule has 1 heterocycles. The third kappa shape index (κ3) is 4.33. The first kappa shape index (κ1) is 21.5. The number of hydrogen-bond donors (Lipinski definition) is 1. The smallest absolute Gasteiger partial charge is 0.266 e. The van der Waals surface area contributed by atoms with Crippen LogP contribution in [0.25, 0.3) is 6.08 Å². The van der Waals surface area contributed by atoms with Gasteiger partial charge in [0.05, 0.1) is 23.4 Å². The van der Waals surface area contributed by atoms with Gasteiger partial charge in [-0.3, -0.25) is 14.4 Å². The minimum Gasteiger partial charge on any atom is -0.493 e. The lowest BCUT2D eigenvalue weighted by atomic mass is 10.1. The molecular formula is C25H19BrN2O4. The van der Waals surface area contributed by atoms with E-state index in [4.69, 9.17) is 4.74 Å². The van der Waals surface area contributed by atoms with Gasteiger partial charge in [-0.05, 0) is 61.5 Å². The molecule has 160 valence electrons. The number of carbonyl (C=O) groups is 3. The normalized spacial score (nSPS) is 12.9. The molecule has 0 fully saturated rings. The predicted molar refractivity (Wildman–Crippen MR) is 127 cm³/mol. The second kappa shape index (κ2) is 9.20. The Morgan fingerprint density at radius 3 is 2.50 bits per heavy atom. The van der Waals surface area contributed by atoms with Gasteiger partial charge in [-0.2, -0.15) is 0 Å². The first-order valence-electron chi connectivity index (χ1n) is 9.97. The summed E-state index contributed by atoms with van der Waals surface area (Å²) >= 11 is 3.42. The highest BCUT2D eigenvalue weighted by Crippen LogP contribution is 2.30. The average molecular weight is 491 g/mol. The fourth-order valence-corrected chi connectivity index (χ4v) is 3.79. The van der Waals surface area contributed by atoms with Gasteiger partial charge in [0.15, 0.2) is 0 Å². The number of benzene rings is 3. The van der Waals surface area contributed by atoms with E-state index in [1.165, 1.54) is 12.1 Å². The maximum Gasteiger partial charge on any atom is 0.266 e. The molecule has 0 atom stereocenters. The Morgan fingerprint density at radius 2 is 1.75 bits per heavy atom. The van der Waals surface area contributed by atoms with E-state index in [0.29, 0.717) is 29.3 Å². The number of halogens is 1. The van der Waals surface area contributed by atoms with E-state index in [1.807, 2.05) is 31.2 Å². The number of ether oxygens (including phenoxy) is 1. The molecule has 7 heteroatoms. The van der Waals surface area contributed by atoms with Crippen molar-refractivity contribution < 1.29 is 19.1 Å². The Kier molecular flexibility index (Phi) is 6.18. The second-order valence-electron chi connectivity index (χ2n) is 6.98. The van der Waals surface area contributed by atoms with Crippen LogP contribution >= 0.6 is 15.9 Å². The Balaban J connectivity index is 1.52. The van der Waals surface area contributed by atoms with Gasteiger partial charge in [-0.1, -0.05) is 34.1 Å². The second-order valence-corrected chi connectivity index (χ2v) is 7.90. The standard InChI is InChI=1S/C25H19BrN2O4/c1-2-32-22-12-9-17(26)14-16(22)8-13-23(29)27-18-10-11-20-21(15-18)25(31)28(24(20)30)19-6-4-3-5-7-19/h3-15H,2H2,1H3,(H,27,29)/b13-8+. The first-order chi connectivity index (χ1) is 15.5. The summed E-state index contributed by atoms with van der Waals surface area (Å²) < 4.78 is 6.45. The molecule has 3 amide bonds. The summed E-state index contributed by atoms with van der Waals surface area (Å²) in [5.74, 6) is -0.503. The van der Waals surface area contributed by atoms with Crippen molar-refractivity contribution in [3.05, 3.63) is 94.0 Å². The van der Waals surface area contributed by atoms with Crippen LogP contribution in [0, 0.1) is 0 Å². The summed E-state index contributed by atoms with van der Waals surface area (Å²) in [6.45, 7) is 2.40. The number of anilines is 2. The maximum absolute atomic E-state index is 12.8. The number of rotatable bonds is 6. The fraction of sp³-hybridized carbons (Fsp3) is 0.0800. The Bertz CT molecular complexity index is 1240. The topological polar surface area (TPSA) is 75.7 Å². The minimum absolute atomic E-state index is 0.256. The molecule has 0 aromatic heterocycles. The molecule has 1 aliphatic heterocycles. The van der Waals surface area contributed by atoms with E-state index in [0.717, 1.165) is 14.9 Å². The SMILES string of the molecule is CCOc1ccc(Br)cc1/C=C/C(=O)Nc1ccc2c(c1)C(=O)N(c1ccccc1)C2=O. The number of imide groups is 1. The third-order valence-corrected chi connectivity index (χ3v) is 5.35. The zero-order valence-electron chi connectivity index (χ0n) is 17.2. The van der Waals surface area contributed by atoms with Gasteiger partial charge >= 0.3 is 0 Å². The van der Waals surface area contributed by atoms with Crippen LogP contribution in [0.4, 0.5) is 11.4 Å². The molecule has 0 unspecified atom stereocenters. The molecular weight excluding hydrogens is 472 g/mol. The Hall–Kier alpha value is -3.71. The van der Waals surface area contributed by atoms with Gasteiger partial charge in [0.25, 0.3) is 11.8 Å². The van der Waals surface area contributed by atoms with Crippen molar-refractivity contribution in [3.8, 4) is 5.75 Å². The largest absolute Gasteiger partial charge is 0.493 e. The van der Waals surface area contributed by atoms with E-state index in [-0.39, 0.29) is 17.4 Å². The van der Waals surface area contributed by atoms with Crippen LogP contribution in [0.5, 0.6) is 5.75 Å². The first-order valence-corrected chi connectivity index (χ1v) is 10.8. The number of hydrogen-bond acceptors (Lipinski definition) is 4. The monoisotopic (exact) mass is 490 g/mol.